The van der Waals surface area contributed by atoms with E-state index < -0.39 is 23.8 Å². The van der Waals surface area contributed by atoms with Gasteiger partial charge < -0.3 is 19.3 Å². The molecule has 1 aromatic heterocycles. The van der Waals surface area contributed by atoms with E-state index in [-0.39, 0.29) is 16.5 Å². The van der Waals surface area contributed by atoms with Crippen molar-refractivity contribution < 1.29 is 32.0 Å². The number of benzene rings is 1. The first-order valence-corrected chi connectivity index (χ1v) is 6.66. The summed E-state index contributed by atoms with van der Waals surface area (Å²) in [6, 6.07) is 2.48. The van der Waals surface area contributed by atoms with E-state index in [2.05, 4.69) is 20.3 Å². The molecule has 2 amide bonds. The molecular formula is C13H11ClF3N3O4. The van der Waals surface area contributed by atoms with Gasteiger partial charge in [-0.25, -0.2) is 4.79 Å². The molecule has 7 nitrogen and oxygen atoms in total. The van der Waals surface area contributed by atoms with Gasteiger partial charge in [0.25, 0.3) is 0 Å². The van der Waals surface area contributed by atoms with E-state index in [9.17, 15) is 18.0 Å². The molecule has 0 saturated heterocycles. The largest absolute Gasteiger partial charge is 0.495 e. The maximum atomic E-state index is 12.4. The van der Waals surface area contributed by atoms with Crippen LogP contribution in [0.4, 0.5) is 29.5 Å². The van der Waals surface area contributed by atoms with E-state index in [1.54, 1.807) is 0 Å². The number of nitrogens with one attached hydrogen (secondary N) is 2. The summed E-state index contributed by atoms with van der Waals surface area (Å²) >= 11 is 5.95. The predicted octanol–water partition coefficient (Wildman–Crippen LogP) is 4.01. The lowest BCUT2D eigenvalue weighted by Crippen LogP contribution is -2.19. The summed E-state index contributed by atoms with van der Waals surface area (Å²) in [5.41, 5.74) is -1.08. The molecular weight excluding hydrogens is 355 g/mol. The van der Waals surface area contributed by atoms with Crippen molar-refractivity contribution >= 4 is 29.2 Å². The van der Waals surface area contributed by atoms with Gasteiger partial charge in [-0.2, -0.15) is 13.2 Å². The molecule has 0 aliphatic heterocycles. The van der Waals surface area contributed by atoms with Gasteiger partial charge in [-0.1, -0.05) is 16.8 Å². The molecule has 0 aliphatic carbocycles. The second kappa shape index (κ2) is 6.87. The lowest BCUT2D eigenvalue weighted by Gasteiger charge is -2.12. The molecule has 24 heavy (non-hydrogen) atoms. The highest BCUT2D eigenvalue weighted by molar-refractivity contribution is 6.32. The molecule has 2 aromatic rings. The number of rotatable bonds is 4. The number of hydrogen-bond acceptors (Lipinski definition) is 5. The lowest BCUT2D eigenvalue weighted by molar-refractivity contribution is -0.142. The number of anilines is 2. The Hall–Kier alpha value is -2.62. The summed E-state index contributed by atoms with van der Waals surface area (Å²) in [6.07, 6.45) is -4.67. The Morgan fingerprint density at radius 1 is 1.17 bits per heavy atom. The van der Waals surface area contributed by atoms with Gasteiger partial charge >= 0.3 is 12.2 Å². The van der Waals surface area contributed by atoms with Crippen molar-refractivity contribution in [2.24, 2.45) is 0 Å². The van der Waals surface area contributed by atoms with E-state index in [0.717, 1.165) is 0 Å². The zero-order valence-electron chi connectivity index (χ0n) is 12.3. The summed E-state index contributed by atoms with van der Waals surface area (Å²) in [4.78, 5) is 11.9. The van der Waals surface area contributed by atoms with E-state index in [1.165, 1.54) is 26.4 Å². The monoisotopic (exact) mass is 365 g/mol. The molecule has 2 N–H and O–H groups in total. The fourth-order valence-electron chi connectivity index (χ4n) is 1.69. The van der Waals surface area contributed by atoms with Crippen LogP contribution in [0.15, 0.2) is 22.7 Å². The first kappa shape index (κ1) is 17.7. The Morgan fingerprint density at radius 3 is 2.38 bits per heavy atom. The van der Waals surface area contributed by atoms with Crippen LogP contribution in [0, 0.1) is 0 Å². The summed E-state index contributed by atoms with van der Waals surface area (Å²) < 4.78 is 51.7. The summed E-state index contributed by atoms with van der Waals surface area (Å²) in [5.74, 6) is 0.0860. The lowest BCUT2D eigenvalue weighted by atomic mass is 10.2. The highest BCUT2D eigenvalue weighted by Gasteiger charge is 2.35. The third-order valence-electron chi connectivity index (χ3n) is 2.76. The van der Waals surface area contributed by atoms with Gasteiger partial charge in [0.05, 0.1) is 24.9 Å². The minimum atomic E-state index is -4.67. The molecule has 0 fully saturated rings. The van der Waals surface area contributed by atoms with E-state index in [4.69, 9.17) is 21.1 Å². The van der Waals surface area contributed by atoms with Crippen molar-refractivity contribution in [2.45, 2.75) is 6.18 Å². The Kier molecular flexibility index (Phi) is 5.07. The standard InChI is InChI=1S/C13H11ClF3N3O4/c1-22-8-4-9(23-2)7(3-6(8)14)18-12(21)19-11-5-10(20-24-11)13(15,16)17/h3-5H,1-2H3,(H2,18,19,21). The molecule has 2 rings (SSSR count). The van der Waals surface area contributed by atoms with Crippen LogP contribution < -0.4 is 20.1 Å². The normalized spacial score (nSPS) is 11.1. The Balaban J connectivity index is 2.12. The van der Waals surface area contributed by atoms with Crippen LogP contribution in [-0.4, -0.2) is 25.4 Å². The number of carbonyl (C=O) groups excluding carboxylic acids is 1. The molecule has 0 atom stereocenters. The first-order valence-electron chi connectivity index (χ1n) is 6.28. The van der Waals surface area contributed by atoms with E-state index in [0.29, 0.717) is 11.8 Å². The number of halogens is 4. The minimum absolute atomic E-state index is 0.177. The molecule has 0 aliphatic rings. The molecule has 0 spiro atoms. The fourth-order valence-corrected chi connectivity index (χ4v) is 1.93. The van der Waals surface area contributed by atoms with Gasteiger partial charge in [-0.3, -0.25) is 5.32 Å². The van der Waals surface area contributed by atoms with Crippen LogP contribution in [0.3, 0.4) is 0 Å². The molecule has 0 radical (unpaired) electrons. The summed E-state index contributed by atoms with van der Waals surface area (Å²) in [6.45, 7) is 0. The SMILES string of the molecule is COc1cc(OC)c(NC(=O)Nc2cc(C(F)(F)F)no2)cc1Cl. The van der Waals surface area contributed by atoms with Crippen molar-refractivity contribution in [1.29, 1.82) is 0 Å². The number of amides is 2. The third kappa shape index (κ3) is 4.02. The van der Waals surface area contributed by atoms with E-state index in [1.807, 2.05) is 0 Å². The quantitative estimate of drug-likeness (QED) is 0.855. The number of hydrogen-bond donors (Lipinski definition) is 2. The first-order chi connectivity index (χ1) is 11.2. The number of methoxy groups -OCH3 is 2. The van der Waals surface area contributed by atoms with Gasteiger partial charge in [0, 0.05) is 12.1 Å². The Labute approximate surface area is 138 Å². The van der Waals surface area contributed by atoms with Gasteiger partial charge in [0.2, 0.25) is 5.88 Å². The maximum Gasteiger partial charge on any atom is 0.436 e. The third-order valence-corrected chi connectivity index (χ3v) is 3.05. The number of carbonyl (C=O) groups is 1. The highest BCUT2D eigenvalue weighted by Crippen LogP contribution is 2.36. The van der Waals surface area contributed by atoms with Crippen LogP contribution in [0.2, 0.25) is 5.02 Å². The van der Waals surface area contributed by atoms with Crippen LogP contribution in [0.5, 0.6) is 11.5 Å². The predicted molar refractivity (Wildman–Crippen MR) is 78.7 cm³/mol. The van der Waals surface area contributed by atoms with E-state index >= 15 is 0 Å². The van der Waals surface area contributed by atoms with Gasteiger partial charge in [0.1, 0.15) is 11.5 Å². The average molecular weight is 366 g/mol. The molecule has 0 bridgehead atoms. The van der Waals surface area contributed by atoms with Crippen LogP contribution in [0.25, 0.3) is 0 Å². The Morgan fingerprint density at radius 2 is 1.83 bits per heavy atom. The second-order valence-electron chi connectivity index (χ2n) is 4.34. The van der Waals surface area contributed by atoms with Gasteiger partial charge in [-0.05, 0) is 6.07 Å². The molecule has 0 unspecified atom stereocenters. The zero-order chi connectivity index (χ0) is 17.9. The summed E-state index contributed by atoms with van der Waals surface area (Å²) in [7, 11) is 2.76. The Bertz CT molecular complexity index is 749. The number of nitrogens with zero attached hydrogens (tertiary/aromatic N) is 1. The fraction of sp³-hybridized carbons (Fsp3) is 0.231. The highest BCUT2D eigenvalue weighted by atomic mass is 35.5. The van der Waals surface area contributed by atoms with Crippen LogP contribution in [-0.2, 0) is 6.18 Å². The number of alkyl halides is 3. The number of urea groups is 1. The van der Waals surface area contributed by atoms with Gasteiger partial charge in [0.15, 0.2) is 5.69 Å². The van der Waals surface area contributed by atoms with Crippen molar-refractivity contribution in [3.8, 4) is 11.5 Å². The second-order valence-corrected chi connectivity index (χ2v) is 4.75. The topological polar surface area (TPSA) is 85.6 Å². The molecule has 1 heterocycles. The molecule has 130 valence electrons. The molecule has 0 saturated carbocycles. The van der Waals surface area contributed by atoms with Gasteiger partial charge in [-0.15, -0.1) is 0 Å². The van der Waals surface area contributed by atoms with Crippen molar-refractivity contribution in [1.82, 2.24) is 5.16 Å². The average Bonchev–Trinajstić information content (AvgIpc) is 2.96. The zero-order valence-corrected chi connectivity index (χ0v) is 13.1. The van der Waals surface area contributed by atoms with Crippen molar-refractivity contribution in [3.05, 3.63) is 28.9 Å². The van der Waals surface area contributed by atoms with Crippen LogP contribution in [0.1, 0.15) is 5.69 Å². The van der Waals surface area contributed by atoms with Crippen molar-refractivity contribution in [3.63, 3.8) is 0 Å². The maximum absolute atomic E-state index is 12.4. The molecule has 1 aromatic carbocycles. The minimum Gasteiger partial charge on any atom is -0.495 e. The summed E-state index contributed by atoms with van der Waals surface area (Å²) in [5, 5.41) is 7.45. The smallest absolute Gasteiger partial charge is 0.436 e. The number of aromatic nitrogens is 1. The van der Waals surface area contributed by atoms with Crippen LogP contribution >= 0.6 is 11.6 Å². The van der Waals surface area contributed by atoms with Crippen molar-refractivity contribution in [2.75, 3.05) is 24.9 Å². The number of ether oxygens (including phenoxy) is 2. The molecule has 11 heteroatoms.